The molecule has 1 aromatic heterocycles. The molecule has 2 aromatic carbocycles. The Bertz CT molecular complexity index is 1500. The van der Waals surface area contributed by atoms with Gasteiger partial charge in [-0.05, 0) is 49.6 Å². The number of hydrogen-bond acceptors (Lipinski definition) is 6. The summed E-state index contributed by atoms with van der Waals surface area (Å²) in [5, 5.41) is 31.0. The predicted octanol–water partition coefficient (Wildman–Crippen LogP) is 4.21. The molecule has 12 heteroatoms. The van der Waals surface area contributed by atoms with Gasteiger partial charge in [0.25, 0.3) is 0 Å². The van der Waals surface area contributed by atoms with E-state index >= 15 is 0 Å². The fraction of sp³-hybridized carbons (Fsp3) is 0.292. The number of aromatic nitrogens is 1. The number of ether oxygens (including phenoxy) is 1. The highest BCUT2D eigenvalue weighted by Crippen LogP contribution is 2.62. The zero-order valence-corrected chi connectivity index (χ0v) is 19.4. The van der Waals surface area contributed by atoms with Crippen LogP contribution < -0.4 is 4.72 Å². The van der Waals surface area contributed by atoms with Gasteiger partial charge in [-0.1, -0.05) is 18.2 Å². The fourth-order valence-corrected chi connectivity index (χ4v) is 6.14. The van der Waals surface area contributed by atoms with Crippen LogP contribution in [0.3, 0.4) is 0 Å². The first kappa shape index (κ1) is 24.2. The number of nitrogens with zero attached hydrogens (tertiary/aromatic N) is 2. The van der Waals surface area contributed by atoms with Crippen LogP contribution in [0.25, 0.3) is 5.69 Å². The molecule has 0 radical (unpaired) electrons. The number of fused-ring (bicyclic) bond motifs is 5. The van der Waals surface area contributed by atoms with Crippen molar-refractivity contribution >= 4 is 10.0 Å². The van der Waals surface area contributed by atoms with E-state index in [1.165, 1.54) is 24.3 Å². The van der Waals surface area contributed by atoms with Crippen LogP contribution in [0.4, 0.5) is 13.2 Å². The summed E-state index contributed by atoms with van der Waals surface area (Å²) in [5.41, 5.74) is -2.58. The van der Waals surface area contributed by atoms with Gasteiger partial charge in [0.1, 0.15) is 5.60 Å². The smallest absolute Gasteiger partial charge is 0.417 e. The second kappa shape index (κ2) is 8.26. The minimum atomic E-state index is -4.82. The summed E-state index contributed by atoms with van der Waals surface area (Å²) < 4.78 is 75.1. The van der Waals surface area contributed by atoms with Gasteiger partial charge in [-0.2, -0.15) is 18.4 Å². The first-order chi connectivity index (χ1) is 17.0. The van der Waals surface area contributed by atoms with Crippen LogP contribution in [0.15, 0.2) is 53.4 Å². The third-order valence-corrected chi connectivity index (χ3v) is 8.15. The van der Waals surface area contributed by atoms with Crippen LogP contribution in [-0.4, -0.2) is 29.7 Å². The lowest BCUT2D eigenvalue weighted by atomic mass is 9.82. The van der Waals surface area contributed by atoms with Crippen molar-refractivity contribution < 1.29 is 36.5 Å². The van der Waals surface area contributed by atoms with E-state index in [1.54, 1.807) is 18.2 Å². The molecule has 1 saturated heterocycles. The minimum Gasteiger partial charge on any atom is -0.494 e. The van der Waals surface area contributed by atoms with Crippen molar-refractivity contribution in [3.05, 3.63) is 70.8 Å². The van der Waals surface area contributed by atoms with E-state index in [4.69, 9.17) is 10.00 Å². The molecule has 0 spiro atoms. The molecule has 3 aromatic rings. The summed E-state index contributed by atoms with van der Waals surface area (Å²) in [6, 6.07) is 12.1. The maximum atomic E-state index is 13.5. The molecular formula is C24H20F3N3O5S. The van der Waals surface area contributed by atoms with Gasteiger partial charge in [0, 0.05) is 6.54 Å². The number of halogens is 3. The van der Waals surface area contributed by atoms with Crippen molar-refractivity contribution in [2.45, 2.75) is 42.0 Å². The van der Waals surface area contributed by atoms with E-state index in [1.807, 2.05) is 0 Å². The number of nitrogens with one attached hydrogen (secondary N) is 1. The Hall–Kier alpha value is -3.53. The van der Waals surface area contributed by atoms with Crippen LogP contribution in [0.5, 0.6) is 11.8 Å². The van der Waals surface area contributed by atoms with Crippen molar-refractivity contribution in [2.75, 3.05) is 6.54 Å². The normalized spacial score (nSPS) is 20.9. The van der Waals surface area contributed by atoms with Crippen molar-refractivity contribution in [1.82, 2.24) is 9.29 Å². The predicted molar refractivity (Wildman–Crippen MR) is 120 cm³/mol. The molecule has 3 heterocycles. The zero-order valence-electron chi connectivity index (χ0n) is 18.6. The Kier molecular flexibility index (Phi) is 5.55. The van der Waals surface area contributed by atoms with Gasteiger partial charge in [-0.15, -0.1) is 0 Å². The monoisotopic (exact) mass is 519 g/mol. The topological polar surface area (TPSA) is 125 Å². The zero-order chi connectivity index (χ0) is 25.9. The highest BCUT2D eigenvalue weighted by Gasteiger charge is 2.55. The maximum Gasteiger partial charge on any atom is 0.417 e. The molecule has 2 aliphatic rings. The number of benzene rings is 2. The van der Waals surface area contributed by atoms with Gasteiger partial charge >= 0.3 is 6.18 Å². The van der Waals surface area contributed by atoms with E-state index in [-0.39, 0.29) is 34.7 Å². The second-order valence-corrected chi connectivity index (χ2v) is 10.5. The van der Waals surface area contributed by atoms with Gasteiger partial charge in [0.2, 0.25) is 21.8 Å². The molecule has 3 N–H and O–H groups in total. The Morgan fingerprint density at radius 3 is 2.56 bits per heavy atom. The van der Waals surface area contributed by atoms with E-state index in [0.717, 1.165) is 10.6 Å². The number of alkyl halides is 3. The first-order valence-electron chi connectivity index (χ1n) is 11.0. The van der Waals surface area contributed by atoms with E-state index in [2.05, 4.69) is 4.72 Å². The Morgan fingerprint density at radius 2 is 1.89 bits per heavy atom. The highest BCUT2D eigenvalue weighted by atomic mass is 32.2. The molecule has 5 rings (SSSR count). The Morgan fingerprint density at radius 1 is 1.17 bits per heavy atom. The summed E-state index contributed by atoms with van der Waals surface area (Å²) in [7, 11) is -3.79. The van der Waals surface area contributed by atoms with Gasteiger partial charge in [0.05, 0.1) is 45.0 Å². The molecule has 2 aliphatic heterocycles. The van der Waals surface area contributed by atoms with Crippen molar-refractivity contribution in [2.24, 2.45) is 0 Å². The number of sulfonamides is 1. The third-order valence-electron chi connectivity index (χ3n) is 6.67. The molecule has 2 atom stereocenters. The summed E-state index contributed by atoms with van der Waals surface area (Å²) in [5.74, 6) is -0.953. The van der Waals surface area contributed by atoms with E-state index in [0.29, 0.717) is 18.9 Å². The number of hydrogen-bond donors (Lipinski definition) is 3. The average Bonchev–Trinajstić information content (AvgIpc) is 3.48. The molecule has 0 aliphatic carbocycles. The quantitative estimate of drug-likeness (QED) is 0.448. The van der Waals surface area contributed by atoms with Gasteiger partial charge in [-0.25, -0.2) is 13.1 Å². The minimum absolute atomic E-state index is 0.0378. The lowest BCUT2D eigenvalue weighted by molar-refractivity contribution is -0.137. The largest absolute Gasteiger partial charge is 0.494 e. The number of rotatable bonds is 6. The van der Waals surface area contributed by atoms with Crippen LogP contribution in [-0.2, 0) is 26.5 Å². The SMILES string of the molecule is N#Cc1ccc(-n2c(O)c3c(c2O)C2(CCNS(=O)(=O)c4ccccc4)CCC3O2)cc1C(F)(F)F. The lowest BCUT2D eigenvalue weighted by Crippen LogP contribution is -2.32. The summed E-state index contributed by atoms with van der Waals surface area (Å²) in [6.45, 7) is -0.0378. The standard InChI is InChI=1S/C24H20F3N3O5S/c25-24(26,27)17-12-15(7-6-14(17)13-28)30-21(31)19-18-8-9-23(35-18,20(19)22(30)32)10-11-29-36(33,34)16-4-2-1-3-5-16/h1-7,12,18,29,31-32H,8-11H2. The maximum absolute atomic E-state index is 13.5. The average molecular weight is 520 g/mol. The molecule has 0 saturated carbocycles. The lowest BCUT2D eigenvalue weighted by Gasteiger charge is -2.26. The number of aromatic hydroxyl groups is 2. The Labute approximate surface area is 204 Å². The van der Waals surface area contributed by atoms with Crippen molar-refractivity contribution in [1.29, 1.82) is 5.26 Å². The molecule has 8 nitrogen and oxygen atoms in total. The number of nitriles is 1. The second-order valence-electron chi connectivity index (χ2n) is 8.71. The summed E-state index contributed by atoms with van der Waals surface area (Å²) in [4.78, 5) is 0.0905. The fourth-order valence-electron chi connectivity index (χ4n) is 5.09. The molecule has 2 bridgehead atoms. The molecule has 188 valence electrons. The van der Waals surface area contributed by atoms with Crippen molar-refractivity contribution in [3.8, 4) is 23.5 Å². The molecule has 1 fully saturated rings. The Balaban J connectivity index is 1.49. The summed E-state index contributed by atoms with van der Waals surface area (Å²) >= 11 is 0. The van der Waals surface area contributed by atoms with Crippen LogP contribution in [0.1, 0.15) is 47.6 Å². The van der Waals surface area contributed by atoms with Crippen molar-refractivity contribution in [3.63, 3.8) is 0 Å². The first-order valence-corrected chi connectivity index (χ1v) is 12.5. The van der Waals surface area contributed by atoms with Gasteiger partial charge in [0.15, 0.2) is 0 Å². The third kappa shape index (κ3) is 3.71. The molecule has 0 amide bonds. The van der Waals surface area contributed by atoms with E-state index in [9.17, 15) is 31.8 Å². The van der Waals surface area contributed by atoms with Crippen LogP contribution in [0, 0.1) is 11.3 Å². The van der Waals surface area contributed by atoms with E-state index < -0.39 is 50.8 Å². The van der Waals surface area contributed by atoms with Crippen LogP contribution in [0.2, 0.25) is 0 Å². The summed E-state index contributed by atoms with van der Waals surface area (Å²) in [6.07, 6.45) is -4.38. The van der Waals surface area contributed by atoms with Gasteiger partial charge < -0.3 is 14.9 Å². The van der Waals surface area contributed by atoms with Crippen LogP contribution >= 0.6 is 0 Å². The highest BCUT2D eigenvalue weighted by molar-refractivity contribution is 7.89. The molecule has 36 heavy (non-hydrogen) atoms. The molecule has 2 unspecified atom stereocenters. The molecular weight excluding hydrogens is 499 g/mol. The van der Waals surface area contributed by atoms with Gasteiger partial charge in [-0.3, -0.25) is 4.57 Å².